The first-order valence-corrected chi connectivity index (χ1v) is 14.9. The molecule has 0 spiro atoms. The summed E-state index contributed by atoms with van der Waals surface area (Å²) in [4.78, 5) is 50.9. The summed E-state index contributed by atoms with van der Waals surface area (Å²) >= 11 is 4.86. The molecule has 2 aliphatic carbocycles. The number of alkyl halides is 1. The third-order valence-corrected chi connectivity index (χ3v) is 11.2. The van der Waals surface area contributed by atoms with Gasteiger partial charge in [-0.1, -0.05) is 28.1 Å². The van der Waals surface area contributed by atoms with Crippen LogP contribution in [0.3, 0.4) is 0 Å². The van der Waals surface area contributed by atoms with E-state index in [0.717, 1.165) is 30.5 Å². The number of allylic oxidation sites excluding steroid dienone is 1. The number of esters is 1. The lowest BCUT2D eigenvalue weighted by molar-refractivity contribution is -0.384. The smallest absolute Gasteiger partial charge is 0.353 e. The number of hydrogen-bond donors (Lipinski definition) is 1. The number of fused-ring (bicyclic) bond motifs is 6. The van der Waals surface area contributed by atoms with Crippen LogP contribution in [-0.4, -0.2) is 66.0 Å². The Morgan fingerprint density at radius 1 is 1.29 bits per heavy atom. The summed E-state index contributed by atoms with van der Waals surface area (Å²) in [5.41, 5.74) is 3.10. The van der Waals surface area contributed by atoms with E-state index in [1.807, 2.05) is 4.68 Å². The van der Waals surface area contributed by atoms with E-state index in [4.69, 9.17) is 14.6 Å². The highest BCUT2D eigenvalue weighted by Crippen LogP contribution is 2.63. The Morgan fingerprint density at radius 2 is 2.00 bits per heavy atom. The second-order valence-electron chi connectivity index (χ2n) is 10.7. The van der Waals surface area contributed by atoms with Gasteiger partial charge in [-0.3, -0.25) is 29.3 Å². The van der Waals surface area contributed by atoms with Crippen molar-refractivity contribution in [2.75, 3.05) is 13.7 Å². The van der Waals surface area contributed by atoms with Crippen LogP contribution in [0.15, 0.2) is 34.9 Å². The van der Waals surface area contributed by atoms with Crippen LogP contribution in [0.2, 0.25) is 0 Å². The summed E-state index contributed by atoms with van der Waals surface area (Å²) in [6.45, 7) is 2.25. The predicted octanol–water partition coefficient (Wildman–Crippen LogP) is 3.99. The number of aromatic nitrogens is 2. The minimum absolute atomic E-state index is 0.0749. The number of carboxylic acids is 1. The van der Waals surface area contributed by atoms with Crippen LogP contribution in [-0.2, 0) is 36.8 Å². The molecule has 216 valence electrons. The number of carbonyl (C=O) groups is 3. The summed E-state index contributed by atoms with van der Waals surface area (Å²) in [6.07, 6.45) is 2.11. The normalized spacial score (nSPS) is 26.6. The number of amides is 1. The van der Waals surface area contributed by atoms with E-state index in [2.05, 4.69) is 15.9 Å². The number of β-lactam (4-membered cyclic amide) rings is 1. The fourth-order valence-corrected chi connectivity index (χ4v) is 9.11. The molecular weight excluding hydrogens is 620 g/mol. The molecule has 2 aromatic rings. The van der Waals surface area contributed by atoms with Crippen LogP contribution < -0.4 is 0 Å². The summed E-state index contributed by atoms with van der Waals surface area (Å²) in [5, 5.41) is 25.3. The molecule has 6 rings (SSSR count). The summed E-state index contributed by atoms with van der Waals surface area (Å²) in [6, 6.07) is 5.85. The Morgan fingerprint density at radius 3 is 2.63 bits per heavy atom. The first kappa shape index (κ1) is 27.9. The van der Waals surface area contributed by atoms with Crippen molar-refractivity contribution in [3.05, 3.63) is 67.5 Å². The van der Waals surface area contributed by atoms with Crippen LogP contribution in [0.4, 0.5) is 5.69 Å². The number of non-ortho nitro benzene ring substituents is 1. The van der Waals surface area contributed by atoms with Crippen molar-refractivity contribution in [2.45, 2.75) is 66.8 Å². The average molecular weight is 648 g/mol. The highest BCUT2D eigenvalue weighted by atomic mass is 79.9. The van der Waals surface area contributed by atoms with E-state index in [0.29, 0.717) is 35.2 Å². The Bertz CT molecular complexity index is 1510. The lowest BCUT2D eigenvalue weighted by Crippen LogP contribution is -2.70. The quantitative estimate of drug-likeness (QED) is 0.132. The molecule has 14 heteroatoms. The lowest BCUT2D eigenvalue weighted by atomic mass is 9.84. The Hall–Kier alpha value is -3.23. The van der Waals surface area contributed by atoms with Gasteiger partial charge in [0.1, 0.15) is 16.8 Å². The third kappa shape index (κ3) is 4.29. The van der Waals surface area contributed by atoms with E-state index < -0.39 is 38.6 Å². The van der Waals surface area contributed by atoms with Gasteiger partial charge in [0.15, 0.2) is 10.4 Å². The number of methoxy groups -OCH3 is 1. The van der Waals surface area contributed by atoms with Crippen molar-refractivity contribution in [3.63, 3.8) is 0 Å². The number of nitro benzene ring substituents is 1. The largest absolute Gasteiger partial charge is 0.477 e. The first-order valence-electron chi connectivity index (χ1n) is 13.2. The molecule has 1 saturated carbocycles. The number of hydrogen-bond acceptors (Lipinski definition) is 9. The van der Waals surface area contributed by atoms with Crippen molar-refractivity contribution >= 4 is 51.2 Å². The number of thioether (sulfide) groups is 1. The standard InChI is InChI=1S/C27H27BrN4O8S/c1-13(33)40-23(20-19-15-5-6-16(12-15)21(19)30(29-20)9-10-39-2)27(28)25(36)31-22(24(34)35)18(41-26(27)31)11-14-3-7-17(8-4-14)32(37)38/h3-4,7-8,15-16,23,26H,5-6,9-12H2,1-2H3,(H,34,35)/t15?,16?,23?,26-,27?/m1/s1. The van der Waals surface area contributed by atoms with Gasteiger partial charge in [0, 0.05) is 54.7 Å². The Kier molecular flexibility index (Phi) is 6.97. The zero-order valence-corrected chi connectivity index (χ0v) is 24.6. The first-order chi connectivity index (χ1) is 19.6. The van der Waals surface area contributed by atoms with Gasteiger partial charge >= 0.3 is 11.9 Å². The Labute approximate surface area is 247 Å². The number of ether oxygens (including phenoxy) is 2. The van der Waals surface area contributed by atoms with Crippen molar-refractivity contribution in [2.24, 2.45) is 0 Å². The monoisotopic (exact) mass is 646 g/mol. The Balaban J connectivity index is 1.36. The van der Waals surface area contributed by atoms with Gasteiger partial charge in [0.25, 0.3) is 11.6 Å². The minimum Gasteiger partial charge on any atom is -0.477 e. The van der Waals surface area contributed by atoms with Crippen molar-refractivity contribution in [1.29, 1.82) is 0 Å². The molecule has 4 unspecified atom stereocenters. The highest BCUT2D eigenvalue weighted by Gasteiger charge is 2.71. The molecular formula is C27H27BrN4O8S. The van der Waals surface area contributed by atoms with Crippen molar-refractivity contribution < 1.29 is 33.9 Å². The third-order valence-electron chi connectivity index (χ3n) is 8.32. The maximum Gasteiger partial charge on any atom is 0.353 e. The zero-order valence-electron chi connectivity index (χ0n) is 22.2. The molecule has 5 atom stereocenters. The summed E-state index contributed by atoms with van der Waals surface area (Å²) < 4.78 is 11.6. The molecule has 2 bridgehead atoms. The lowest BCUT2D eigenvalue weighted by Gasteiger charge is -2.51. The van der Waals surface area contributed by atoms with Crippen molar-refractivity contribution in [1.82, 2.24) is 14.7 Å². The molecule has 0 radical (unpaired) electrons. The predicted molar refractivity (Wildman–Crippen MR) is 149 cm³/mol. The summed E-state index contributed by atoms with van der Waals surface area (Å²) in [5.74, 6) is -1.76. The molecule has 1 aromatic heterocycles. The highest BCUT2D eigenvalue weighted by molar-refractivity contribution is 9.10. The number of nitro groups is 1. The zero-order chi connectivity index (χ0) is 29.2. The number of aliphatic carboxylic acids is 1. The van der Waals surface area contributed by atoms with Gasteiger partial charge in [0.05, 0.1) is 18.1 Å². The molecule has 1 N–H and O–H groups in total. The molecule has 12 nitrogen and oxygen atoms in total. The molecule has 4 aliphatic rings. The average Bonchev–Trinajstić information content (AvgIpc) is 3.71. The van der Waals surface area contributed by atoms with Crippen molar-refractivity contribution in [3.8, 4) is 0 Å². The topological polar surface area (TPSA) is 154 Å². The maximum atomic E-state index is 13.9. The van der Waals surface area contributed by atoms with E-state index in [-0.39, 0.29) is 23.7 Å². The fourth-order valence-electron chi connectivity index (χ4n) is 6.61. The number of halogens is 1. The fraction of sp³-hybridized carbons (Fsp3) is 0.481. The van der Waals surface area contributed by atoms with Gasteiger partial charge < -0.3 is 14.6 Å². The van der Waals surface area contributed by atoms with Crippen LogP contribution in [0, 0.1) is 10.1 Å². The SMILES string of the molecule is COCCn1nc(C(OC(C)=O)C2(Br)C(=O)N3C(C(=O)O)=C(Cc4ccc([N+](=O)[O-])cc4)S[C@@H]32)c2c1C1CCC2C1. The minimum atomic E-state index is -1.45. The number of carboxylic acid groups (broad SMARTS) is 1. The molecule has 3 heterocycles. The number of benzene rings is 1. The number of carbonyl (C=O) groups excluding carboxylic acids is 2. The van der Waals surface area contributed by atoms with Gasteiger partial charge in [-0.2, -0.15) is 5.10 Å². The van der Waals surface area contributed by atoms with E-state index in [9.17, 15) is 29.6 Å². The van der Waals surface area contributed by atoms with Crippen LogP contribution in [0.25, 0.3) is 0 Å². The molecule has 1 saturated heterocycles. The molecule has 2 aliphatic heterocycles. The maximum absolute atomic E-state index is 13.9. The van der Waals surface area contributed by atoms with E-state index >= 15 is 0 Å². The van der Waals surface area contributed by atoms with Crippen LogP contribution in [0.1, 0.15) is 66.6 Å². The van der Waals surface area contributed by atoms with Gasteiger partial charge in [-0.25, -0.2) is 4.79 Å². The molecule has 1 aromatic carbocycles. The number of rotatable bonds is 10. The molecule has 41 heavy (non-hydrogen) atoms. The summed E-state index contributed by atoms with van der Waals surface area (Å²) in [7, 11) is 1.62. The number of nitrogens with zero attached hydrogens (tertiary/aromatic N) is 4. The van der Waals surface area contributed by atoms with Gasteiger partial charge in [0.2, 0.25) is 0 Å². The van der Waals surface area contributed by atoms with Gasteiger partial charge in [-0.15, -0.1) is 11.8 Å². The van der Waals surface area contributed by atoms with Gasteiger partial charge in [-0.05, 0) is 30.7 Å². The molecule has 1 amide bonds. The second-order valence-corrected chi connectivity index (χ2v) is 13.2. The van der Waals surface area contributed by atoms with Crippen LogP contribution >= 0.6 is 27.7 Å². The van der Waals surface area contributed by atoms with E-state index in [1.165, 1.54) is 35.7 Å². The molecule has 2 fully saturated rings. The van der Waals surface area contributed by atoms with E-state index in [1.54, 1.807) is 19.2 Å². The van der Waals surface area contributed by atoms with Crippen LogP contribution in [0.5, 0.6) is 0 Å². The second kappa shape index (κ2) is 10.2.